The summed E-state index contributed by atoms with van der Waals surface area (Å²) in [5.41, 5.74) is 2.94. The smallest absolute Gasteiger partial charge is 0.255 e. The first-order valence-electron chi connectivity index (χ1n) is 9.93. The number of methoxy groups -OCH3 is 1. The van der Waals surface area contributed by atoms with Gasteiger partial charge in [-0.15, -0.1) is 0 Å². The highest BCUT2D eigenvalue weighted by molar-refractivity contribution is 7.89. The van der Waals surface area contributed by atoms with Crippen molar-refractivity contribution in [3.8, 4) is 17.2 Å². The van der Waals surface area contributed by atoms with Crippen LogP contribution >= 0.6 is 0 Å². The van der Waals surface area contributed by atoms with E-state index in [1.807, 2.05) is 0 Å². The number of hydrogen-bond donors (Lipinski definition) is 1. The number of likely N-dealkylation sites (N-methyl/N-ethyl adjacent to an activating group) is 1. The van der Waals surface area contributed by atoms with Crippen LogP contribution in [0.1, 0.15) is 19.4 Å². The minimum absolute atomic E-state index is 0.0625. The first-order chi connectivity index (χ1) is 15.1. The van der Waals surface area contributed by atoms with Crippen LogP contribution < -0.4 is 19.6 Å². The van der Waals surface area contributed by atoms with Crippen molar-refractivity contribution < 1.29 is 27.4 Å². The Morgan fingerprint density at radius 2 is 1.81 bits per heavy atom. The normalized spacial score (nSPS) is 15.4. The molecule has 0 aromatic heterocycles. The maximum atomic E-state index is 12.6. The molecule has 1 heterocycles. The number of nitrogens with zero attached hydrogens (tertiary/aromatic N) is 2. The molecular weight excluding hydrogens is 434 g/mol. The number of nitrogens with one attached hydrogen (secondary N) is 1. The Hall–Kier alpha value is -3.11. The number of carbonyl (C=O) groups excluding carboxylic acids is 1. The van der Waals surface area contributed by atoms with Crippen LogP contribution in [0.3, 0.4) is 0 Å². The van der Waals surface area contributed by atoms with Crippen molar-refractivity contribution in [3.05, 3.63) is 48.0 Å². The fourth-order valence-corrected chi connectivity index (χ4v) is 3.98. The lowest BCUT2D eigenvalue weighted by atomic mass is 9.97. The zero-order valence-electron chi connectivity index (χ0n) is 18.5. The fourth-order valence-electron chi connectivity index (χ4n) is 2.85. The van der Waals surface area contributed by atoms with Gasteiger partial charge in [0.25, 0.3) is 5.91 Å². The van der Waals surface area contributed by atoms with Crippen molar-refractivity contribution in [2.75, 3.05) is 33.9 Å². The third-order valence-corrected chi connectivity index (χ3v) is 6.56. The van der Waals surface area contributed by atoms with Gasteiger partial charge in [0.2, 0.25) is 10.0 Å². The molecule has 172 valence electrons. The van der Waals surface area contributed by atoms with Crippen LogP contribution in [-0.2, 0) is 14.8 Å². The van der Waals surface area contributed by atoms with E-state index in [9.17, 15) is 13.2 Å². The second-order valence-corrected chi connectivity index (χ2v) is 10.2. The monoisotopic (exact) mass is 461 g/mol. The molecule has 0 fully saturated rings. The number of sulfonamides is 1. The Morgan fingerprint density at radius 3 is 2.47 bits per heavy atom. The van der Waals surface area contributed by atoms with E-state index in [1.165, 1.54) is 32.5 Å². The van der Waals surface area contributed by atoms with Gasteiger partial charge in [0.1, 0.15) is 5.75 Å². The number of carbonyl (C=O) groups is 1. The van der Waals surface area contributed by atoms with Crippen molar-refractivity contribution >= 4 is 22.1 Å². The van der Waals surface area contributed by atoms with Crippen LogP contribution in [0, 0.1) is 5.41 Å². The zero-order valence-corrected chi connectivity index (χ0v) is 19.3. The van der Waals surface area contributed by atoms with E-state index in [2.05, 4.69) is 24.4 Å². The fraction of sp³-hybridized carbons (Fsp3) is 0.364. The molecule has 10 heteroatoms. The lowest BCUT2D eigenvalue weighted by molar-refractivity contribution is -0.121. The Kier molecular flexibility index (Phi) is 7.05. The summed E-state index contributed by atoms with van der Waals surface area (Å²) in [5.74, 6) is 1.23. The van der Waals surface area contributed by atoms with Crippen molar-refractivity contribution in [3.63, 3.8) is 0 Å². The number of ether oxygens (including phenoxy) is 3. The van der Waals surface area contributed by atoms with Crippen LogP contribution in [0.2, 0.25) is 0 Å². The molecule has 0 radical (unpaired) electrons. The molecule has 9 nitrogen and oxygen atoms in total. The zero-order chi connectivity index (χ0) is 23.4. The minimum atomic E-state index is -3.82. The van der Waals surface area contributed by atoms with E-state index in [0.717, 1.165) is 4.31 Å². The molecule has 32 heavy (non-hydrogen) atoms. The molecule has 0 aliphatic carbocycles. The average molecular weight is 462 g/mol. The van der Waals surface area contributed by atoms with Gasteiger partial charge < -0.3 is 14.2 Å². The molecule has 0 saturated heterocycles. The molecule has 1 amide bonds. The number of hydrazone groups is 1. The van der Waals surface area contributed by atoms with Crippen LogP contribution in [0.15, 0.2) is 52.5 Å². The van der Waals surface area contributed by atoms with Crippen LogP contribution in [0.5, 0.6) is 17.2 Å². The molecule has 3 rings (SSSR count). The molecule has 0 saturated carbocycles. The lowest BCUT2D eigenvalue weighted by Crippen LogP contribution is -2.36. The van der Waals surface area contributed by atoms with Crippen molar-refractivity contribution in [2.45, 2.75) is 18.7 Å². The second-order valence-electron chi connectivity index (χ2n) is 8.18. The van der Waals surface area contributed by atoms with Crippen LogP contribution in [0.25, 0.3) is 0 Å². The van der Waals surface area contributed by atoms with E-state index in [-0.39, 0.29) is 16.9 Å². The summed E-state index contributed by atoms with van der Waals surface area (Å²) in [5, 5.41) is 3.91. The summed E-state index contributed by atoms with van der Waals surface area (Å²) in [6.45, 7) is 4.80. The average Bonchev–Trinajstić information content (AvgIpc) is 2.91. The molecule has 2 aromatic rings. The molecule has 1 N–H and O–H groups in total. The Labute approximate surface area is 188 Å². The van der Waals surface area contributed by atoms with Gasteiger partial charge in [-0.25, -0.2) is 13.8 Å². The highest BCUT2D eigenvalue weighted by atomic mass is 32.2. The van der Waals surface area contributed by atoms with Gasteiger partial charge in [0.15, 0.2) is 11.5 Å². The number of benzene rings is 2. The Bertz CT molecular complexity index is 1100. The highest BCUT2D eigenvalue weighted by Gasteiger charge is 2.25. The molecule has 1 aliphatic heterocycles. The number of hydrogen-bond acceptors (Lipinski definition) is 7. The second kappa shape index (κ2) is 9.58. The number of rotatable bonds is 7. The molecule has 2 aromatic carbocycles. The van der Waals surface area contributed by atoms with Gasteiger partial charge >= 0.3 is 0 Å². The van der Waals surface area contributed by atoms with Crippen molar-refractivity contribution in [2.24, 2.45) is 10.5 Å². The first-order valence-corrected chi connectivity index (χ1v) is 11.4. The van der Waals surface area contributed by atoms with Gasteiger partial charge in [-0.1, -0.05) is 13.8 Å². The summed E-state index contributed by atoms with van der Waals surface area (Å²) in [4.78, 5) is 12.2. The first kappa shape index (κ1) is 23.6. The standard InChI is InChI=1S/C22H27N3O6S/c1-22(2)14-30-19-10-5-16(11-20(19)31-15-22)12-23-24-21(26)13-25(3)32(27,28)18-8-6-17(29-4)7-9-18/h5-12H,13-15H2,1-4H3,(H,24,26)/b23-12+. The van der Waals surface area contributed by atoms with Crippen molar-refractivity contribution in [1.29, 1.82) is 0 Å². The van der Waals surface area contributed by atoms with Gasteiger partial charge in [-0.05, 0) is 48.0 Å². The van der Waals surface area contributed by atoms with Gasteiger partial charge in [0.05, 0.1) is 38.0 Å². The maximum absolute atomic E-state index is 12.6. The van der Waals surface area contributed by atoms with E-state index in [1.54, 1.807) is 30.3 Å². The Morgan fingerprint density at radius 1 is 1.16 bits per heavy atom. The van der Waals surface area contributed by atoms with Crippen LogP contribution in [-0.4, -0.2) is 58.8 Å². The topological polar surface area (TPSA) is 107 Å². The molecule has 0 spiro atoms. The number of fused-ring (bicyclic) bond motifs is 1. The van der Waals surface area contributed by atoms with Gasteiger partial charge in [0, 0.05) is 12.5 Å². The largest absolute Gasteiger partial charge is 0.497 e. The van der Waals surface area contributed by atoms with E-state index >= 15 is 0 Å². The third-order valence-electron chi connectivity index (χ3n) is 4.74. The molecule has 0 atom stereocenters. The predicted molar refractivity (Wildman–Crippen MR) is 120 cm³/mol. The van der Waals surface area contributed by atoms with Gasteiger partial charge in [-0.2, -0.15) is 9.41 Å². The molecular formula is C22H27N3O6S. The lowest BCUT2D eigenvalue weighted by Gasteiger charge is -2.19. The van der Waals surface area contributed by atoms with Crippen molar-refractivity contribution in [1.82, 2.24) is 9.73 Å². The highest BCUT2D eigenvalue weighted by Crippen LogP contribution is 2.34. The predicted octanol–water partition coefficient (Wildman–Crippen LogP) is 2.26. The SMILES string of the molecule is COc1ccc(S(=O)(=O)N(C)CC(=O)N/N=C/c2ccc3c(c2)OCC(C)(C)CO3)cc1. The summed E-state index contributed by atoms with van der Waals surface area (Å²) >= 11 is 0. The minimum Gasteiger partial charge on any atom is -0.497 e. The quantitative estimate of drug-likeness (QED) is 0.501. The van der Waals surface area contributed by atoms with E-state index < -0.39 is 15.9 Å². The van der Waals surface area contributed by atoms with Gasteiger partial charge in [-0.3, -0.25) is 4.79 Å². The third kappa shape index (κ3) is 5.77. The van der Waals surface area contributed by atoms with Crippen LogP contribution in [0.4, 0.5) is 0 Å². The molecule has 1 aliphatic rings. The van der Waals surface area contributed by atoms with E-state index in [4.69, 9.17) is 14.2 Å². The molecule has 0 unspecified atom stereocenters. The van der Waals surface area contributed by atoms with E-state index in [0.29, 0.717) is 36.0 Å². The summed E-state index contributed by atoms with van der Waals surface area (Å²) in [6.07, 6.45) is 1.45. The number of amides is 1. The summed E-state index contributed by atoms with van der Waals surface area (Å²) in [7, 11) is -1.00. The Balaban J connectivity index is 1.58. The summed E-state index contributed by atoms with van der Waals surface area (Å²) < 4.78 is 42.8. The maximum Gasteiger partial charge on any atom is 0.255 e. The summed E-state index contributed by atoms with van der Waals surface area (Å²) in [6, 6.07) is 11.3. The molecule has 0 bridgehead atoms.